The molecule has 0 N–H and O–H groups in total. The number of nitro groups is 1. The first kappa shape index (κ1) is 18.1. The van der Waals surface area contributed by atoms with E-state index in [-0.39, 0.29) is 11.5 Å². The van der Waals surface area contributed by atoms with E-state index < -0.39 is 25.3 Å². The van der Waals surface area contributed by atoms with Crippen LogP contribution in [0, 0.1) is 10.1 Å². The van der Waals surface area contributed by atoms with Crippen LogP contribution in [0.4, 0.5) is 11.4 Å². The lowest BCUT2D eigenvalue weighted by Gasteiger charge is -2.23. The van der Waals surface area contributed by atoms with Crippen LogP contribution in [-0.2, 0) is 16.3 Å². The van der Waals surface area contributed by atoms with Gasteiger partial charge in [-0.1, -0.05) is 18.2 Å². The molecule has 0 saturated carbocycles. The summed E-state index contributed by atoms with van der Waals surface area (Å²) in [7, 11) is -3.77. The quantitative estimate of drug-likeness (QED) is 0.608. The Balaban J connectivity index is 2.06. The Morgan fingerprint density at radius 3 is 2.58 bits per heavy atom. The summed E-state index contributed by atoms with van der Waals surface area (Å²) in [5.41, 5.74) is 1.37. The van der Waals surface area contributed by atoms with Gasteiger partial charge in [0.1, 0.15) is 4.90 Å². The van der Waals surface area contributed by atoms with Crippen molar-refractivity contribution in [3.8, 4) is 0 Å². The minimum Gasteiger partial charge on any atom is -0.308 e. The molecule has 2 aromatic carbocycles. The molecule has 0 bridgehead atoms. The summed E-state index contributed by atoms with van der Waals surface area (Å²) in [6, 6.07) is 11.1. The lowest BCUT2D eigenvalue weighted by Crippen LogP contribution is -2.31. The van der Waals surface area contributed by atoms with E-state index in [2.05, 4.69) is 0 Å². The normalized spacial score (nSPS) is 14.4. The molecular formula is C18H18N2O5S. The van der Waals surface area contributed by atoms with Gasteiger partial charge in [-0.3, -0.25) is 14.9 Å². The zero-order valence-corrected chi connectivity index (χ0v) is 15.0. The Bertz CT molecular complexity index is 985. The highest BCUT2D eigenvalue weighted by Crippen LogP contribution is 2.30. The third-order valence-corrected chi connectivity index (χ3v) is 5.55. The van der Waals surface area contributed by atoms with Crippen LogP contribution in [0.2, 0.25) is 0 Å². The van der Waals surface area contributed by atoms with Crippen molar-refractivity contribution in [3.63, 3.8) is 0 Å². The predicted octanol–water partition coefficient (Wildman–Crippen LogP) is 2.98. The van der Waals surface area contributed by atoms with Crippen molar-refractivity contribution in [2.75, 3.05) is 17.7 Å². The third kappa shape index (κ3) is 3.45. The standard InChI is InChI=1S/C18H18N2O5S/c1-26(24,25)17-10-9-14(12-16(17)20(22)23)18(21)19-11-5-4-7-13-6-2-3-8-15(13)19/h2-3,6,8-10,12H,4-5,7,11H2,1H3. The molecule has 1 aliphatic rings. The van der Waals surface area contributed by atoms with E-state index in [4.69, 9.17) is 0 Å². The Kier molecular flexibility index (Phi) is 4.78. The first-order valence-electron chi connectivity index (χ1n) is 8.17. The Morgan fingerprint density at radius 2 is 1.88 bits per heavy atom. The number of carbonyl (C=O) groups excluding carboxylic acids is 1. The van der Waals surface area contributed by atoms with Crippen molar-refractivity contribution in [2.24, 2.45) is 0 Å². The maximum absolute atomic E-state index is 13.0. The number of carbonyl (C=O) groups is 1. The van der Waals surface area contributed by atoms with Gasteiger partial charge >= 0.3 is 0 Å². The summed E-state index contributed by atoms with van der Waals surface area (Å²) >= 11 is 0. The number of sulfone groups is 1. The number of aryl methyl sites for hydroxylation is 1. The molecule has 3 rings (SSSR count). The summed E-state index contributed by atoms with van der Waals surface area (Å²) in [6.07, 6.45) is 3.55. The lowest BCUT2D eigenvalue weighted by molar-refractivity contribution is -0.387. The number of benzene rings is 2. The number of fused-ring (bicyclic) bond motifs is 1. The summed E-state index contributed by atoms with van der Waals surface area (Å²) in [5, 5.41) is 11.3. The van der Waals surface area contributed by atoms with Crippen LogP contribution in [0.15, 0.2) is 47.4 Å². The van der Waals surface area contributed by atoms with Crippen LogP contribution in [0.25, 0.3) is 0 Å². The van der Waals surface area contributed by atoms with Crippen LogP contribution in [0.3, 0.4) is 0 Å². The molecule has 2 aromatic rings. The number of amides is 1. The van der Waals surface area contributed by atoms with Gasteiger partial charge in [0.2, 0.25) is 0 Å². The zero-order chi connectivity index (χ0) is 18.9. The van der Waals surface area contributed by atoms with Crippen LogP contribution in [0.1, 0.15) is 28.8 Å². The SMILES string of the molecule is CS(=O)(=O)c1ccc(C(=O)N2CCCCc3ccccc32)cc1[N+](=O)[O-]. The molecule has 26 heavy (non-hydrogen) atoms. The maximum Gasteiger partial charge on any atom is 0.288 e. The van der Waals surface area contributed by atoms with E-state index >= 15 is 0 Å². The molecule has 0 spiro atoms. The van der Waals surface area contributed by atoms with Crippen molar-refractivity contribution in [1.29, 1.82) is 0 Å². The highest BCUT2D eigenvalue weighted by Gasteiger charge is 2.27. The maximum atomic E-state index is 13.0. The van der Waals surface area contributed by atoms with Gasteiger partial charge in [0, 0.05) is 30.1 Å². The minimum atomic E-state index is -3.77. The van der Waals surface area contributed by atoms with E-state index in [1.807, 2.05) is 24.3 Å². The van der Waals surface area contributed by atoms with Crippen LogP contribution >= 0.6 is 0 Å². The van der Waals surface area contributed by atoms with E-state index in [9.17, 15) is 23.3 Å². The van der Waals surface area contributed by atoms with Gasteiger partial charge in [-0.15, -0.1) is 0 Å². The zero-order valence-electron chi connectivity index (χ0n) is 14.2. The second-order valence-corrected chi connectivity index (χ2v) is 8.24. The predicted molar refractivity (Wildman–Crippen MR) is 97.3 cm³/mol. The fraction of sp³-hybridized carbons (Fsp3) is 0.278. The van der Waals surface area contributed by atoms with Crippen molar-refractivity contribution in [3.05, 3.63) is 63.7 Å². The number of rotatable bonds is 3. The second kappa shape index (κ2) is 6.87. The summed E-state index contributed by atoms with van der Waals surface area (Å²) in [4.78, 5) is 24.7. The molecule has 1 amide bonds. The number of nitro benzene ring substituents is 1. The van der Waals surface area contributed by atoms with Crippen molar-refractivity contribution < 1.29 is 18.1 Å². The molecule has 0 unspecified atom stereocenters. The first-order valence-corrected chi connectivity index (χ1v) is 10.1. The number of hydrogen-bond donors (Lipinski definition) is 0. The van der Waals surface area contributed by atoms with Crippen molar-refractivity contribution in [1.82, 2.24) is 0 Å². The highest BCUT2D eigenvalue weighted by molar-refractivity contribution is 7.90. The van der Waals surface area contributed by atoms with E-state index in [0.29, 0.717) is 6.54 Å². The Labute approximate surface area is 151 Å². The van der Waals surface area contributed by atoms with Crippen LogP contribution in [-0.4, -0.2) is 32.0 Å². The molecular weight excluding hydrogens is 356 g/mol. The lowest BCUT2D eigenvalue weighted by atomic mass is 10.1. The molecule has 0 saturated heterocycles. The fourth-order valence-electron chi connectivity index (χ4n) is 3.16. The second-order valence-electron chi connectivity index (χ2n) is 6.25. The molecule has 0 fully saturated rings. The van der Waals surface area contributed by atoms with Crippen molar-refractivity contribution in [2.45, 2.75) is 24.2 Å². The minimum absolute atomic E-state index is 0.0980. The molecule has 8 heteroatoms. The van der Waals surface area contributed by atoms with Crippen LogP contribution < -0.4 is 4.90 Å². The Morgan fingerprint density at radius 1 is 1.15 bits per heavy atom. The van der Waals surface area contributed by atoms with Gasteiger partial charge in [0.05, 0.1) is 4.92 Å². The fourth-order valence-corrected chi connectivity index (χ4v) is 3.99. The number of para-hydroxylation sites is 1. The monoisotopic (exact) mass is 374 g/mol. The largest absolute Gasteiger partial charge is 0.308 e. The summed E-state index contributed by atoms with van der Waals surface area (Å²) in [6.45, 7) is 0.511. The van der Waals surface area contributed by atoms with Gasteiger partial charge < -0.3 is 4.90 Å². The molecule has 7 nitrogen and oxygen atoms in total. The van der Waals surface area contributed by atoms with Gasteiger partial charge in [0.25, 0.3) is 11.6 Å². The van der Waals surface area contributed by atoms with E-state index in [1.54, 1.807) is 4.90 Å². The molecule has 0 atom stereocenters. The number of nitrogens with zero attached hydrogens (tertiary/aromatic N) is 2. The summed E-state index contributed by atoms with van der Waals surface area (Å²) in [5.74, 6) is -0.373. The first-order chi connectivity index (χ1) is 12.3. The molecule has 1 heterocycles. The van der Waals surface area contributed by atoms with Crippen molar-refractivity contribution >= 4 is 27.1 Å². The molecule has 1 aliphatic heterocycles. The molecule has 0 aliphatic carbocycles. The topological polar surface area (TPSA) is 97.6 Å². The van der Waals surface area contributed by atoms with E-state index in [0.717, 1.165) is 48.9 Å². The smallest absolute Gasteiger partial charge is 0.288 e. The van der Waals surface area contributed by atoms with E-state index in [1.165, 1.54) is 6.07 Å². The number of anilines is 1. The van der Waals surface area contributed by atoms with Gasteiger partial charge in [-0.05, 0) is 43.0 Å². The van der Waals surface area contributed by atoms with Gasteiger partial charge in [-0.25, -0.2) is 8.42 Å². The summed E-state index contributed by atoms with van der Waals surface area (Å²) < 4.78 is 23.5. The highest BCUT2D eigenvalue weighted by atomic mass is 32.2. The van der Waals surface area contributed by atoms with Gasteiger partial charge in [0.15, 0.2) is 9.84 Å². The Hall–Kier alpha value is -2.74. The molecule has 0 radical (unpaired) electrons. The molecule has 0 aromatic heterocycles. The average molecular weight is 374 g/mol. The number of hydrogen-bond acceptors (Lipinski definition) is 5. The van der Waals surface area contributed by atoms with Crippen LogP contribution in [0.5, 0.6) is 0 Å². The van der Waals surface area contributed by atoms with Gasteiger partial charge in [-0.2, -0.15) is 0 Å². The average Bonchev–Trinajstić information content (AvgIpc) is 2.82. The molecule has 136 valence electrons. The third-order valence-electron chi connectivity index (χ3n) is 4.41.